The molecule has 0 spiro atoms. The molecule has 1 atom stereocenters. The van der Waals surface area contributed by atoms with E-state index in [4.69, 9.17) is 20.1 Å². The van der Waals surface area contributed by atoms with Crippen LogP contribution in [0, 0.1) is 11.3 Å². The highest BCUT2D eigenvalue weighted by Crippen LogP contribution is 2.41. The number of nitrogens with zero attached hydrogens (tertiary/aromatic N) is 3. The number of methoxy groups -OCH3 is 1. The predicted molar refractivity (Wildman–Crippen MR) is 154 cm³/mol. The molecule has 7 heteroatoms. The van der Waals surface area contributed by atoms with Gasteiger partial charge in [-0.05, 0) is 68.5 Å². The number of aliphatic hydroxyl groups excluding tert-OH is 1. The first-order valence-electron chi connectivity index (χ1n) is 13.4. The summed E-state index contributed by atoms with van der Waals surface area (Å²) in [5, 5.41) is 18.7. The molecule has 1 aliphatic rings. The minimum absolute atomic E-state index is 0.0119. The number of aliphatic hydroxyl groups is 1. The maximum atomic E-state index is 12.0. The number of carbonyl (C=O) groups is 1. The van der Waals surface area contributed by atoms with E-state index in [0.717, 1.165) is 40.7 Å². The van der Waals surface area contributed by atoms with E-state index in [0.29, 0.717) is 22.6 Å². The fourth-order valence-electron chi connectivity index (χ4n) is 5.92. The molecule has 0 radical (unpaired) electrons. The Morgan fingerprint density at radius 1 is 1.05 bits per heavy atom. The summed E-state index contributed by atoms with van der Waals surface area (Å²) >= 11 is 0. The Kier molecular flexibility index (Phi) is 7.59. The molecular formula is C32H34N4O3. The molecule has 3 aromatic heterocycles. The van der Waals surface area contributed by atoms with Gasteiger partial charge in [0, 0.05) is 41.0 Å². The Morgan fingerprint density at radius 2 is 1.79 bits per heavy atom. The van der Waals surface area contributed by atoms with Crippen molar-refractivity contribution in [2.75, 3.05) is 7.11 Å². The van der Waals surface area contributed by atoms with Gasteiger partial charge in [0.25, 0.3) is 0 Å². The van der Waals surface area contributed by atoms with Crippen molar-refractivity contribution >= 4 is 28.3 Å². The van der Waals surface area contributed by atoms with Gasteiger partial charge in [0.15, 0.2) is 0 Å². The molecule has 1 aromatic carbocycles. The molecule has 0 saturated heterocycles. The van der Waals surface area contributed by atoms with Crippen molar-refractivity contribution in [1.82, 2.24) is 14.5 Å². The van der Waals surface area contributed by atoms with Crippen LogP contribution < -0.4 is 0 Å². The van der Waals surface area contributed by atoms with E-state index < -0.39 is 0 Å². The van der Waals surface area contributed by atoms with E-state index in [2.05, 4.69) is 16.8 Å². The maximum Gasteiger partial charge on any atom is 0.337 e. The SMILES string of the molecule is COC(=O)c1ccc(-c2cn(C(c3ccccn3)C3CCCCC3)c3cc(/C(C(C)=N)=C(\C)O)cnc23)cc1. The highest BCUT2D eigenvalue weighted by Gasteiger charge is 2.30. The Bertz CT molecular complexity index is 1530. The van der Waals surface area contributed by atoms with Crippen LogP contribution >= 0.6 is 0 Å². The Labute approximate surface area is 228 Å². The highest BCUT2D eigenvalue weighted by molar-refractivity contribution is 6.22. The molecule has 39 heavy (non-hydrogen) atoms. The fraction of sp³-hybridized carbons (Fsp3) is 0.312. The molecule has 7 nitrogen and oxygen atoms in total. The summed E-state index contributed by atoms with van der Waals surface area (Å²) in [6, 6.07) is 15.5. The van der Waals surface area contributed by atoms with Crippen molar-refractivity contribution in [2.24, 2.45) is 5.92 Å². The Morgan fingerprint density at radius 3 is 2.41 bits per heavy atom. The number of hydrogen-bond donors (Lipinski definition) is 2. The summed E-state index contributed by atoms with van der Waals surface area (Å²) < 4.78 is 7.16. The van der Waals surface area contributed by atoms with E-state index in [1.54, 1.807) is 32.2 Å². The van der Waals surface area contributed by atoms with E-state index in [-0.39, 0.29) is 23.5 Å². The molecule has 1 fully saturated rings. The molecule has 3 heterocycles. The average Bonchev–Trinajstić information content (AvgIpc) is 3.32. The van der Waals surface area contributed by atoms with Crippen LogP contribution in [0.1, 0.15) is 73.6 Å². The number of carbonyl (C=O) groups excluding carboxylic acids is 1. The Balaban J connectivity index is 1.75. The number of aromatic nitrogens is 3. The zero-order valence-electron chi connectivity index (χ0n) is 22.6. The molecule has 0 amide bonds. The van der Waals surface area contributed by atoms with Crippen molar-refractivity contribution in [3.05, 3.63) is 89.7 Å². The number of hydrogen-bond acceptors (Lipinski definition) is 6. The molecule has 0 aliphatic heterocycles. The zero-order valence-corrected chi connectivity index (χ0v) is 22.6. The number of benzene rings is 1. The summed E-state index contributed by atoms with van der Waals surface area (Å²) in [5.41, 5.74) is 6.58. The van der Waals surface area contributed by atoms with Gasteiger partial charge in [-0.1, -0.05) is 37.5 Å². The first kappa shape index (κ1) is 26.4. The molecule has 1 saturated carbocycles. The van der Waals surface area contributed by atoms with Gasteiger partial charge in [0.1, 0.15) is 0 Å². The minimum Gasteiger partial charge on any atom is -0.512 e. The number of ether oxygens (including phenoxy) is 1. The number of rotatable bonds is 7. The van der Waals surface area contributed by atoms with Crippen LogP contribution in [0.3, 0.4) is 0 Å². The monoisotopic (exact) mass is 522 g/mol. The minimum atomic E-state index is -0.375. The molecule has 5 rings (SSSR count). The van der Waals surface area contributed by atoms with E-state index in [1.165, 1.54) is 26.4 Å². The van der Waals surface area contributed by atoms with Gasteiger partial charge in [-0.25, -0.2) is 4.79 Å². The standard InChI is InChI=1S/C32H34N4O3/c1-20(33)29(21(2)37)25-17-28-30(35-18-25)26(22-12-14-24(15-13-22)32(38)39-3)19-36(28)31(23-9-5-4-6-10-23)27-11-7-8-16-34-27/h7-8,11-19,23,31,33,37H,4-6,9-10H2,1-3H3/b29-21+,33-20?. The predicted octanol–water partition coefficient (Wildman–Crippen LogP) is 7.38. The van der Waals surface area contributed by atoms with Crippen molar-refractivity contribution in [3.63, 3.8) is 0 Å². The van der Waals surface area contributed by atoms with Crippen LogP contribution in [0.25, 0.3) is 27.7 Å². The summed E-state index contributed by atoms with van der Waals surface area (Å²) in [4.78, 5) is 21.7. The molecule has 2 N–H and O–H groups in total. The number of esters is 1. The third-order valence-electron chi connectivity index (χ3n) is 7.70. The van der Waals surface area contributed by atoms with Gasteiger partial charge in [0.05, 0.1) is 41.2 Å². The van der Waals surface area contributed by atoms with Crippen molar-refractivity contribution in [1.29, 1.82) is 5.41 Å². The second-order valence-corrected chi connectivity index (χ2v) is 10.3. The average molecular weight is 523 g/mol. The number of nitrogens with one attached hydrogen (secondary N) is 1. The summed E-state index contributed by atoms with van der Waals surface area (Å²) in [5.74, 6) is 0.135. The molecule has 4 aromatic rings. The van der Waals surface area contributed by atoms with Gasteiger partial charge < -0.3 is 19.8 Å². The van der Waals surface area contributed by atoms with Crippen LogP contribution in [-0.4, -0.2) is 38.4 Å². The van der Waals surface area contributed by atoms with Crippen LogP contribution in [0.5, 0.6) is 0 Å². The molecule has 1 aliphatic carbocycles. The normalized spacial score (nSPS) is 15.6. The van der Waals surface area contributed by atoms with E-state index >= 15 is 0 Å². The summed E-state index contributed by atoms with van der Waals surface area (Å²) in [7, 11) is 1.38. The van der Waals surface area contributed by atoms with Gasteiger partial charge >= 0.3 is 5.97 Å². The summed E-state index contributed by atoms with van der Waals surface area (Å²) in [6.45, 7) is 3.27. The van der Waals surface area contributed by atoms with Gasteiger partial charge in [0.2, 0.25) is 0 Å². The van der Waals surface area contributed by atoms with Gasteiger partial charge in [-0.2, -0.15) is 0 Å². The topological polar surface area (TPSA) is 101 Å². The van der Waals surface area contributed by atoms with Crippen LogP contribution in [0.4, 0.5) is 0 Å². The van der Waals surface area contributed by atoms with E-state index in [1.807, 2.05) is 36.5 Å². The molecule has 0 bridgehead atoms. The molecule has 1 unspecified atom stereocenters. The second-order valence-electron chi connectivity index (χ2n) is 10.3. The van der Waals surface area contributed by atoms with Gasteiger partial charge in [-0.3, -0.25) is 9.97 Å². The lowest BCUT2D eigenvalue weighted by Gasteiger charge is -2.31. The molecule has 200 valence electrons. The number of pyridine rings is 2. The maximum absolute atomic E-state index is 12.0. The quantitative estimate of drug-likeness (QED) is 0.150. The first-order chi connectivity index (χ1) is 18.9. The fourth-order valence-corrected chi connectivity index (χ4v) is 5.92. The Hall–Kier alpha value is -4.26. The van der Waals surface area contributed by atoms with Crippen LogP contribution in [-0.2, 0) is 4.74 Å². The van der Waals surface area contributed by atoms with Crippen molar-refractivity contribution < 1.29 is 14.6 Å². The first-order valence-corrected chi connectivity index (χ1v) is 13.4. The second kappa shape index (κ2) is 11.2. The highest BCUT2D eigenvalue weighted by atomic mass is 16.5. The summed E-state index contributed by atoms with van der Waals surface area (Å²) in [6.07, 6.45) is 11.6. The van der Waals surface area contributed by atoms with Crippen molar-refractivity contribution in [2.45, 2.75) is 52.0 Å². The third-order valence-corrected chi connectivity index (χ3v) is 7.70. The lowest BCUT2D eigenvalue weighted by molar-refractivity contribution is 0.0600. The van der Waals surface area contributed by atoms with Gasteiger partial charge in [-0.15, -0.1) is 0 Å². The number of allylic oxidation sites excluding steroid dienone is 2. The third kappa shape index (κ3) is 5.21. The molecular weight excluding hydrogens is 488 g/mol. The largest absolute Gasteiger partial charge is 0.512 e. The smallest absolute Gasteiger partial charge is 0.337 e. The number of fused-ring (bicyclic) bond motifs is 1. The van der Waals surface area contributed by atoms with E-state index in [9.17, 15) is 9.90 Å². The van der Waals surface area contributed by atoms with Crippen LogP contribution in [0.15, 0.2) is 72.9 Å². The zero-order chi connectivity index (χ0) is 27.5. The van der Waals surface area contributed by atoms with Crippen molar-refractivity contribution in [3.8, 4) is 11.1 Å². The van der Waals surface area contributed by atoms with Crippen LogP contribution in [0.2, 0.25) is 0 Å². The lowest BCUT2D eigenvalue weighted by atomic mass is 9.82. The lowest BCUT2D eigenvalue weighted by Crippen LogP contribution is -2.23.